The van der Waals surface area contributed by atoms with E-state index < -0.39 is 0 Å². The van der Waals surface area contributed by atoms with E-state index in [1.54, 1.807) is 0 Å². The van der Waals surface area contributed by atoms with E-state index in [1.807, 2.05) is 18.5 Å². The van der Waals surface area contributed by atoms with Crippen molar-refractivity contribution in [1.29, 1.82) is 0 Å². The summed E-state index contributed by atoms with van der Waals surface area (Å²) >= 11 is 0. The van der Waals surface area contributed by atoms with Crippen LogP contribution in [0.2, 0.25) is 0 Å². The van der Waals surface area contributed by atoms with Crippen LogP contribution in [0.25, 0.3) is 171 Å². The van der Waals surface area contributed by atoms with Crippen molar-refractivity contribution in [2.45, 2.75) is 19.3 Å². The number of nitrogens with zero attached hydrogens (tertiary/aromatic N) is 7. The molecule has 7 heteroatoms. The molecule has 0 radical (unpaired) electrons. The topological polar surface area (TPSA) is 37.4 Å². The molecule has 0 spiro atoms. The Labute approximate surface area is 856 Å². The Bertz CT molecular complexity index is 8990. The largest absolute Gasteiger partial charge is 0.310 e. The number of benzene rings is 22. The summed E-state index contributed by atoms with van der Waals surface area (Å²) in [7, 11) is 0. The van der Waals surface area contributed by atoms with E-state index in [9.17, 15) is 0 Å². The fraction of sp³-hybridized carbons (Fsp3) is 0.0214. The number of aromatic nitrogens is 4. The Morgan fingerprint density at radius 1 is 0.163 bits per heavy atom. The van der Waals surface area contributed by atoms with E-state index in [2.05, 4.69) is 605 Å². The predicted molar refractivity (Wildman–Crippen MR) is 620 cm³/mol. The van der Waals surface area contributed by atoms with Gasteiger partial charge >= 0.3 is 0 Å². The molecule has 1 aliphatic carbocycles. The molecule has 696 valence electrons. The Kier molecular flexibility index (Phi) is 23.7. The second kappa shape index (κ2) is 39.0. The van der Waals surface area contributed by atoms with E-state index in [4.69, 9.17) is 0 Å². The zero-order valence-electron chi connectivity index (χ0n) is 81.5. The minimum atomic E-state index is -0.0855. The second-order valence-corrected chi connectivity index (χ2v) is 38.2. The zero-order valence-corrected chi connectivity index (χ0v) is 81.5. The van der Waals surface area contributed by atoms with Crippen LogP contribution < -0.4 is 14.7 Å². The highest BCUT2D eigenvalue weighted by Crippen LogP contribution is 2.53. The lowest BCUT2D eigenvalue weighted by Gasteiger charge is -2.28. The van der Waals surface area contributed by atoms with Gasteiger partial charge in [0.1, 0.15) is 0 Å². The average Bonchev–Trinajstić information content (AvgIpc) is 1.60. The fourth-order valence-electron chi connectivity index (χ4n) is 21.9. The predicted octanol–water partition coefficient (Wildman–Crippen LogP) is 38.1. The zero-order chi connectivity index (χ0) is 98.1. The molecule has 0 saturated heterocycles. The van der Waals surface area contributed by atoms with Gasteiger partial charge in [0.25, 0.3) is 0 Å². The van der Waals surface area contributed by atoms with Crippen LogP contribution in [0, 0.1) is 0 Å². The van der Waals surface area contributed by atoms with Gasteiger partial charge in [0.2, 0.25) is 0 Å². The minimum Gasteiger partial charge on any atom is -0.310 e. The molecule has 26 aromatic rings. The molecule has 0 aliphatic heterocycles. The summed E-state index contributed by atoms with van der Waals surface area (Å²) in [4.78, 5) is 11.5. The molecule has 147 heavy (non-hydrogen) atoms. The summed E-state index contributed by atoms with van der Waals surface area (Å²) in [6.45, 7) is 4.70. The highest BCUT2D eigenvalue weighted by molar-refractivity contribution is 6.14. The molecule has 0 unspecified atom stereocenters. The van der Waals surface area contributed by atoms with Crippen LogP contribution in [-0.4, -0.2) is 18.7 Å². The van der Waals surface area contributed by atoms with Crippen molar-refractivity contribution in [3.8, 4) is 106 Å². The number of anilines is 9. The number of hydrogen-bond acceptors (Lipinski definition) is 4. The summed E-state index contributed by atoms with van der Waals surface area (Å²) in [5.41, 5.74) is 42.6. The van der Waals surface area contributed by atoms with Gasteiger partial charge in [0.15, 0.2) is 0 Å². The van der Waals surface area contributed by atoms with Gasteiger partial charge in [-0.2, -0.15) is 0 Å². The molecule has 4 aromatic heterocycles. The third-order valence-corrected chi connectivity index (χ3v) is 29.0. The van der Waals surface area contributed by atoms with Crippen molar-refractivity contribution < 1.29 is 0 Å². The van der Waals surface area contributed by atoms with Crippen molar-refractivity contribution in [3.05, 3.63) is 588 Å². The number of hydrogen-bond donors (Lipinski definition) is 0. The molecule has 27 rings (SSSR count). The molecular formula is C140H101N7. The Hall–Kier alpha value is -19.2. The van der Waals surface area contributed by atoms with Crippen LogP contribution in [0.15, 0.2) is 577 Å². The van der Waals surface area contributed by atoms with Crippen molar-refractivity contribution in [1.82, 2.24) is 18.7 Å². The third-order valence-electron chi connectivity index (χ3n) is 29.0. The molecular weight excluding hydrogens is 1780 g/mol. The lowest BCUT2D eigenvalue weighted by Crippen LogP contribution is -2.16. The lowest BCUT2D eigenvalue weighted by atomic mass is 9.82. The number of fused-ring (bicyclic) bond motifs is 12. The molecule has 0 saturated carbocycles. The van der Waals surface area contributed by atoms with Gasteiger partial charge < -0.3 is 28.4 Å². The maximum absolute atomic E-state index is 4.41. The summed E-state index contributed by atoms with van der Waals surface area (Å²) in [5.74, 6) is 0. The summed E-state index contributed by atoms with van der Waals surface area (Å²) in [6, 6.07) is 203. The van der Waals surface area contributed by atoms with Crippen molar-refractivity contribution >= 4 is 117 Å². The fourth-order valence-corrected chi connectivity index (χ4v) is 21.9. The smallest absolute Gasteiger partial charge is 0.0645 e. The first-order chi connectivity index (χ1) is 72.7. The minimum absolute atomic E-state index is 0.0855. The van der Waals surface area contributed by atoms with Crippen LogP contribution >= 0.6 is 0 Å². The molecule has 4 heterocycles. The molecule has 0 N–H and O–H groups in total. The highest BCUT2D eigenvalue weighted by atomic mass is 15.2. The van der Waals surface area contributed by atoms with Crippen molar-refractivity contribution in [2.24, 2.45) is 0 Å². The quantitative estimate of drug-likeness (QED) is 0.0809. The van der Waals surface area contributed by atoms with Crippen LogP contribution in [-0.2, 0) is 5.41 Å². The van der Waals surface area contributed by atoms with Gasteiger partial charge in [-0.05, 0) is 288 Å². The first-order valence-corrected chi connectivity index (χ1v) is 50.4. The van der Waals surface area contributed by atoms with Gasteiger partial charge in [-0.15, -0.1) is 0 Å². The molecule has 1 aliphatic rings. The summed E-state index contributed by atoms with van der Waals surface area (Å²) < 4.78 is 7.11. The first-order valence-electron chi connectivity index (χ1n) is 50.4. The normalized spacial score (nSPS) is 11.8. The molecule has 0 fully saturated rings. The Balaban J connectivity index is 0.000000116. The second-order valence-electron chi connectivity index (χ2n) is 38.2. The number of pyridine rings is 1. The third kappa shape index (κ3) is 17.2. The van der Waals surface area contributed by atoms with E-state index >= 15 is 0 Å². The van der Waals surface area contributed by atoms with Crippen LogP contribution in [0.4, 0.5) is 51.2 Å². The van der Waals surface area contributed by atoms with Crippen molar-refractivity contribution in [2.75, 3.05) is 14.7 Å². The van der Waals surface area contributed by atoms with Crippen LogP contribution in [0.1, 0.15) is 25.0 Å². The van der Waals surface area contributed by atoms with E-state index in [-0.39, 0.29) is 5.41 Å². The number of rotatable bonds is 19. The molecule has 7 nitrogen and oxygen atoms in total. The average molecular weight is 1880 g/mol. The molecule has 0 amide bonds. The van der Waals surface area contributed by atoms with E-state index in [0.717, 1.165) is 73.6 Å². The van der Waals surface area contributed by atoms with E-state index in [1.165, 1.54) is 160 Å². The summed E-state index contributed by atoms with van der Waals surface area (Å²) in [5, 5.41) is 7.33. The van der Waals surface area contributed by atoms with Crippen LogP contribution in [0.3, 0.4) is 0 Å². The van der Waals surface area contributed by atoms with Gasteiger partial charge in [0, 0.05) is 106 Å². The molecule has 0 bridgehead atoms. The van der Waals surface area contributed by atoms with Gasteiger partial charge in [-0.25, -0.2) is 0 Å². The molecule has 0 atom stereocenters. The number of para-hydroxylation sites is 4. The van der Waals surface area contributed by atoms with E-state index in [0.29, 0.717) is 0 Å². The first kappa shape index (κ1) is 89.2. The monoisotopic (exact) mass is 1880 g/mol. The summed E-state index contributed by atoms with van der Waals surface area (Å²) in [6.07, 6.45) is 3.74. The van der Waals surface area contributed by atoms with Gasteiger partial charge in [-0.3, -0.25) is 4.98 Å². The maximum atomic E-state index is 4.41. The van der Waals surface area contributed by atoms with Crippen LogP contribution in [0.5, 0.6) is 0 Å². The standard InChI is InChI=1S/C54H38N2.C45H34N2.C41H29N3/c1-5-15-39(16-6-1)43-25-29-47(30-26-43)55(48-31-27-44(28-32-48)40-17-7-2-8-18-40)49-33-34-54-52(38-49)51-23-13-14-24-53(51)56(54)50-36-45(41-19-9-3-10-20-41)35-46(37-50)42-21-11-4-12-22-42;1-45(2)41-19-11-9-17-37(41)38-27-25-36(30-42(38)45)46(34-23-21-32(22-24-34)31-13-5-3-6-14-31)35-26-28-44-40(29-35)39-18-10-12-20-43(39)47(44)33-15-7-4-8-16-33;1-3-10-30(11-4-1)32-17-21-34(22-18-32)43(35-23-19-33(20-24-35)31-12-5-2-6-13-31)36-25-26-41-39(28-36)38-15-7-8-16-40(38)44(41)37-14-9-27-42-29-37/h1-38H;3-30H,1-2H3;1-29H. The SMILES string of the molecule is CC1(C)c2ccccc2-c2ccc(N(c3ccc(-c4ccccc4)cc3)c3ccc4c(c3)c3ccccc3n4-c3ccccc3)cc21.c1ccc(-c2ccc(N(c3ccc(-c4ccccc4)cc3)c3ccc4c(c3)c3ccccc3n4-c3cc(-c4ccccc4)cc(-c4ccccc4)c3)cc2)cc1.c1ccc(-c2ccc(N(c3ccc(-c4ccccc4)cc3)c3ccc4c(c3)c3ccccc3n4-c3cccnc3)cc2)cc1. The molecule has 22 aromatic carbocycles. The highest BCUT2D eigenvalue weighted by Gasteiger charge is 2.36. The maximum Gasteiger partial charge on any atom is 0.0645 e. The van der Waals surface area contributed by atoms with Gasteiger partial charge in [-0.1, -0.05) is 390 Å². The van der Waals surface area contributed by atoms with Crippen molar-refractivity contribution in [3.63, 3.8) is 0 Å². The van der Waals surface area contributed by atoms with Gasteiger partial charge in [0.05, 0.1) is 45.0 Å². The lowest BCUT2D eigenvalue weighted by molar-refractivity contribution is 0.660. The Morgan fingerprint density at radius 3 is 0.748 bits per heavy atom. The Morgan fingerprint density at radius 2 is 0.408 bits per heavy atom.